The Balaban J connectivity index is 1.15. The van der Waals surface area contributed by atoms with Crippen LogP contribution in [0.3, 0.4) is 0 Å². The van der Waals surface area contributed by atoms with E-state index < -0.39 is 6.43 Å². The third-order valence-electron chi connectivity index (χ3n) is 7.06. The van der Waals surface area contributed by atoms with Crippen molar-refractivity contribution < 1.29 is 13.5 Å². The largest absolute Gasteiger partial charge is 0.486 e. The summed E-state index contributed by atoms with van der Waals surface area (Å²) in [4.78, 5) is 12.7. The number of ether oxygens (including phenoxy) is 1. The predicted octanol–water partition coefficient (Wildman–Crippen LogP) is 5.85. The van der Waals surface area contributed by atoms with Gasteiger partial charge in [0.1, 0.15) is 23.4 Å². The van der Waals surface area contributed by atoms with E-state index in [0.717, 1.165) is 54.2 Å². The molecule has 5 heterocycles. The van der Waals surface area contributed by atoms with Crippen LogP contribution in [0.1, 0.15) is 18.6 Å². The van der Waals surface area contributed by atoms with E-state index in [0.29, 0.717) is 21.4 Å². The van der Waals surface area contributed by atoms with Crippen molar-refractivity contribution in [1.82, 2.24) is 25.1 Å². The number of nitrogens with one attached hydrogen (secondary N) is 1. The van der Waals surface area contributed by atoms with Gasteiger partial charge in [0.05, 0.1) is 22.1 Å². The Morgan fingerprint density at radius 2 is 1.81 bits per heavy atom. The van der Waals surface area contributed by atoms with Gasteiger partial charge >= 0.3 is 0 Å². The van der Waals surface area contributed by atoms with E-state index >= 15 is 0 Å². The molecular weight excluding hydrogens is 521 g/mol. The van der Waals surface area contributed by atoms with Gasteiger partial charge in [-0.15, -0.1) is 0 Å². The molecule has 7 nitrogen and oxygen atoms in total. The second kappa shape index (κ2) is 9.38. The maximum Gasteiger partial charge on any atom is 0.251 e. The summed E-state index contributed by atoms with van der Waals surface area (Å²) >= 11 is 12.6. The zero-order valence-electron chi connectivity index (χ0n) is 20.0. The molecule has 37 heavy (non-hydrogen) atoms. The maximum atomic E-state index is 12.6. The van der Waals surface area contributed by atoms with Gasteiger partial charge in [-0.3, -0.25) is 15.0 Å². The Morgan fingerprint density at radius 3 is 2.49 bits per heavy atom. The number of aromatic amines is 1. The molecule has 1 spiro atoms. The van der Waals surface area contributed by atoms with Gasteiger partial charge in [-0.25, -0.2) is 13.8 Å². The monoisotopic (exact) mass is 544 g/mol. The number of H-pyrrole nitrogens is 1. The van der Waals surface area contributed by atoms with Gasteiger partial charge in [-0.2, -0.15) is 5.10 Å². The lowest BCUT2D eigenvalue weighted by Gasteiger charge is -2.60. The zero-order valence-corrected chi connectivity index (χ0v) is 21.5. The van der Waals surface area contributed by atoms with E-state index in [1.165, 1.54) is 0 Å². The first-order valence-electron chi connectivity index (χ1n) is 12.0. The Bertz CT molecular complexity index is 1410. The molecule has 2 aliphatic rings. The molecule has 0 amide bonds. The molecule has 0 unspecified atom stereocenters. The molecule has 2 aliphatic heterocycles. The van der Waals surface area contributed by atoms with Crippen LogP contribution in [0.25, 0.3) is 22.2 Å². The molecule has 1 N–H and O–H groups in total. The number of anilines is 1. The topological polar surface area (TPSA) is 70.2 Å². The van der Waals surface area contributed by atoms with Gasteiger partial charge < -0.3 is 9.64 Å². The van der Waals surface area contributed by atoms with E-state index in [1.54, 1.807) is 12.4 Å². The van der Waals surface area contributed by atoms with Crippen LogP contribution in [0, 0.1) is 5.41 Å². The van der Waals surface area contributed by atoms with Crippen molar-refractivity contribution in [2.24, 2.45) is 5.41 Å². The molecule has 0 bridgehead atoms. The standard InChI is InChI=1S/C26H24Cl2F2N6O/c1-15(24-19(27)8-31-9-20(24)28)37-17-3-4-21-18(6-17)25(34-33-21)16-2-5-23(32-7-16)36-13-26(14-36)11-35(12-26)10-22(29)30/h2-9,15,22H,10-14H2,1H3,(H,33,34)/t15-/m1/s1. The molecule has 192 valence electrons. The number of alkyl halides is 2. The van der Waals surface area contributed by atoms with Crippen LogP contribution in [0.15, 0.2) is 48.9 Å². The Hall–Kier alpha value is -3.01. The Kier molecular flexibility index (Phi) is 6.17. The molecule has 0 radical (unpaired) electrons. The highest BCUT2D eigenvalue weighted by molar-refractivity contribution is 6.35. The molecule has 1 aromatic carbocycles. The third-order valence-corrected chi connectivity index (χ3v) is 7.66. The van der Waals surface area contributed by atoms with Crippen molar-refractivity contribution in [2.45, 2.75) is 19.5 Å². The van der Waals surface area contributed by atoms with Crippen molar-refractivity contribution in [1.29, 1.82) is 0 Å². The number of nitrogens with zero attached hydrogens (tertiary/aromatic N) is 5. The summed E-state index contributed by atoms with van der Waals surface area (Å²) in [5.41, 5.74) is 3.34. The van der Waals surface area contributed by atoms with Crippen LogP contribution >= 0.6 is 23.2 Å². The molecule has 3 aromatic heterocycles. The van der Waals surface area contributed by atoms with Crippen LogP contribution in [0.4, 0.5) is 14.6 Å². The fourth-order valence-electron chi connectivity index (χ4n) is 5.42. The molecule has 2 saturated heterocycles. The van der Waals surface area contributed by atoms with Gasteiger partial charge in [0.2, 0.25) is 0 Å². The quantitative estimate of drug-likeness (QED) is 0.314. The number of rotatable bonds is 7. The minimum absolute atomic E-state index is 0.131. The summed E-state index contributed by atoms with van der Waals surface area (Å²) < 4.78 is 31.3. The van der Waals surface area contributed by atoms with Crippen molar-refractivity contribution in [3.05, 3.63) is 64.5 Å². The number of hydrogen-bond acceptors (Lipinski definition) is 6. The average Bonchev–Trinajstić information content (AvgIpc) is 3.23. The van der Waals surface area contributed by atoms with Gasteiger partial charge in [0.15, 0.2) is 0 Å². The Labute approximate surface area is 222 Å². The highest BCUT2D eigenvalue weighted by Crippen LogP contribution is 2.42. The second-order valence-corrected chi connectivity index (χ2v) is 10.7. The number of halogens is 4. The van der Waals surface area contributed by atoms with Crippen LogP contribution in [-0.4, -0.2) is 64.2 Å². The number of likely N-dealkylation sites (tertiary alicyclic amines) is 1. The van der Waals surface area contributed by atoms with Crippen molar-refractivity contribution in [3.8, 4) is 17.0 Å². The average molecular weight is 545 g/mol. The summed E-state index contributed by atoms with van der Waals surface area (Å²) in [5.74, 6) is 1.54. The first kappa shape index (κ1) is 24.3. The van der Waals surface area contributed by atoms with Crippen molar-refractivity contribution in [3.63, 3.8) is 0 Å². The summed E-state index contributed by atoms with van der Waals surface area (Å²) in [5, 5.41) is 9.38. The molecule has 2 fully saturated rings. The van der Waals surface area contributed by atoms with Gasteiger partial charge in [0.25, 0.3) is 6.43 Å². The summed E-state index contributed by atoms with van der Waals surface area (Å²) in [7, 11) is 0. The fraction of sp³-hybridized carbons (Fsp3) is 0.346. The molecular formula is C26H24Cl2F2N6O. The maximum absolute atomic E-state index is 12.6. The summed E-state index contributed by atoms with van der Waals surface area (Å²) in [6, 6.07) is 9.70. The number of aromatic nitrogens is 4. The van der Waals surface area contributed by atoms with Crippen LogP contribution in [0.5, 0.6) is 5.75 Å². The molecule has 0 aliphatic carbocycles. The van der Waals surface area contributed by atoms with E-state index in [-0.39, 0.29) is 18.1 Å². The fourth-order valence-corrected chi connectivity index (χ4v) is 6.10. The highest BCUT2D eigenvalue weighted by Gasteiger charge is 2.52. The molecule has 0 saturated carbocycles. The summed E-state index contributed by atoms with van der Waals surface area (Å²) in [6.45, 7) is 4.89. The van der Waals surface area contributed by atoms with E-state index in [1.807, 2.05) is 48.4 Å². The predicted molar refractivity (Wildman–Crippen MR) is 140 cm³/mol. The van der Waals surface area contributed by atoms with Gasteiger partial charge in [0, 0.05) is 66.7 Å². The van der Waals surface area contributed by atoms with Crippen molar-refractivity contribution in [2.75, 3.05) is 37.6 Å². The number of pyridine rings is 2. The minimum Gasteiger partial charge on any atom is -0.486 e. The highest BCUT2D eigenvalue weighted by atomic mass is 35.5. The van der Waals surface area contributed by atoms with Crippen LogP contribution < -0.4 is 9.64 Å². The molecule has 6 rings (SSSR count). The normalized spacial score (nSPS) is 17.7. The number of benzene rings is 1. The minimum atomic E-state index is -2.27. The van der Waals surface area contributed by atoms with Gasteiger partial charge in [-0.05, 0) is 37.3 Å². The third kappa shape index (κ3) is 4.60. The lowest BCUT2D eigenvalue weighted by Crippen LogP contribution is -2.72. The Morgan fingerprint density at radius 1 is 1.05 bits per heavy atom. The van der Waals surface area contributed by atoms with E-state index in [9.17, 15) is 8.78 Å². The van der Waals surface area contributed by atoms with E-state index in [4.69, 9.17) is 27.9 Å². The molecule has 1 atom stereocenters. The second-order valence-electron chi connectivity index (χ2n) is 9.88. The molecule has 11 heteroatoms. The summed E-state index contributed by atoms with van der Waals surface area (Å²) in [6.07, 6.45) is 2.25. The molecule has 4 aromatic rings. The smallest absolute Gasteiger partial charge is 0.251 e. The zero-order chi connectivity index (χ0) is 25.7. The SMILES string of the molecule is C[C@@H](Oc1ccc2[nH]nc(-c3ccc(N4CC5(CN(CC(F)F)C5)C4)nc3)c2c1)c1c(Cl)cncc1Cl. The van der Waals surface area contributed by atoms with Crippen molar-refractivity contribution >= 4 is 39.9 Å². The first-order chi connectivity index (χ1) is 17.8. The lowest BCUT2D eigenvalue weighted by atomic mass is 9.73. The van der Waals surface area contributed by atoms with E-state index in [2.05, 4.69) is 25.1 Å². The number of fused-ring (bicyclic) bond motifs is 1. The first-order valence-corrected chi connectivity index (χ1v) is 12.7. The number of hydrogen-bond donors (Lipinski definition) is 1. The van der Waals surface area contributed by atoms with Crippen LogP contribution in [-0.2, 0) is 0 Å². The van der Waals surface area contributed by atoms with Crippen LogP contribution in [0.2, 0.25) is 10.0 Å². The lowest BCUT2D eigenvalue weighted by molar-refractivity contribution is -0.0514. The van der Waals surface area contributed by atoms with Gasteiger partial charge in [-0.1, -0.05) is 23.2 Å².